The van der Waals surface area contributed by atoms with E-state index in [1.807, 2.05) is 6.92 Å². The monoisotopic (exact) mass is 222 g/mol. The van der Waals surface area contributed by atoms with E-state index in [9.17, 15) is 0 Å². The van der Waals surface area contributed by atoms with E-state index < -0.39 is 0 Å². The predicted octanol–water partition coefficient (Wildman–Crippen LogP) is 4.40. The molecule has 0 unspecified atom stereocenters. The first-order valence-electron chi connectivity index (χ1n) is 6.14. The van der Waals surface area contributed by atoms with Gasteiger partial charge in [-0.05, 0) is 53.4 Å². The molecule has 1 N–H and O–H groups in total. The molecule has 0 amide bonds. The molecule has 0 aromatic rings. The van der Waals surface area contributed by atoms with E-state index in [1.165, 1.54) is 17.6 Å². The Morgan fingerprint density at radius 2 is 1.38 bits per heavy atom. The lowest BCUT2D eigenvalue weighted by Crippen LogP contribution is -1.84. The third kappa shape index (κ3) is 8.49. The van der Waals surface area contributed by atoms with Crippen molar-refractivity contribution in [2.24, 2.45) is 0 Å². The molecular formula is C15H26O. The summed E-state index contributed by atoms with van der Waals surface area (Å²) >= 11 is 0. The molecule has 0 fully saturated rings. The van der Waals surface area contributed by atoms with E-state index in [0.717, 1.165) is 24.8 Å². The molecule has 0 rings (SSSR count). The second-order valence-electron chi connectivity index (χ2n) is 4.47. The Morgan fingerprint density at radius 3 is 1.88 bits per heavy atom. The summed E-state index contributed by atoms with van der Waals surface area (Å²) in [6, 6.07) is 0. The van der Waals surface area contributed by atoms with Crippen LogP contribution in [0.3, 0.4) is 0 Å². The zero-order valence-corrected chi connectivity index (χ0v) is 11.2. The van der Waals surface area contributed by atoms with E-state index in [0.29, 0.717) is 0 Å². The Bertz CT molecular complexity index is 269. The Labute approximate surface area is 101 Å². The van der Waals surface area contributed by atoms with Gasteiger partial charge in [-0.15, -0.1) is 0 Å². The van der Waals surface area contributed by atoms with Gasteiger partial charge in [-0.1, -0.05) is 34.9 Å². The summed E-state index contributed by atoms with van der Waals surface area (Å²) in [7, 11) is 0. The fourth-order valence-electron chi connectivity index (χ4n) is 1.40. The van der Waals surface area contributed by atoms with Crippen molar-refractivity contribution in [1.82, 2.24) is 0 Å². The molecule has 0 bridgehead atoms. The lowest BCUT2D eigenvalue weighted by Gasteiger charge is -2.01. The zero-order valence-electron chi connectivity index (χ0n) is 11.2. The largest absolute Gasteiger partial charge is 0.392 e. The van der Waals surface area contributed by atoms with Crippen molar-refractivity contribution >= 4 is 0 Å². The fraction of sp³-hybridized carbons (Fsp3) is 0.600. The molecule has 92 valence electrons. The maximum absolute atomic E-state index is 8.84. The molecule has 0 aliphatic heterocycles. The molecule has 0 saturated heterocycles. The summed E-state index contributed by atoms with van der Waals surface area (Å²) in [5.74, 6) is 0. The smallest absolute Gasteiger partial charge is 0.0639 e. The first-order chi connectivity index (χ1) is 7.60. The van der Waals surface area contributed by atoms with Gasteiger partial charge in [-0.2, -0.15) is 0 Å². The van der Waals surface area contributed by atoms with Crippen LogP contribution in [0.4, 0.5) is 0 Å². The number of rotatable bonds is 7. The summed E-state index contributed by atoms with van der Waals surface area (Å²) in [5, 5.41) is 8.84. The van der Waals surface area contributed by atoms with Crippen LogP contribution in [0.1, 0.15) is 53.4 Å². The third-order valence-electron chi connectivity index (χ3n) is 2.81. The van der Waals surface area contributed by atoms with Gasteiger partial charge in [-0.25, -0.2) is 0 Å². The maximum atomic E-state index is 8.84. The van der Waals surface area contributed by atoms with Gasteiger partial charge in [0.2, 0.25) is 0 Å². The summed E-state index contributed by atoms with van der Waals surface area (Å²) < 4.78 is 0. The van der Waals surface area contributed by atoms with Crippen LogP contribution >= 0.6 is 0 Å². The Morgan fingerprint density at radius 1 is 0.875 bits per heavy atom. The minimum Gasteiger partial charge on any atom is -0.392 e. The molecule has 1 heteroatoms. The van der Waals surface area contributed by atoms with Crippen molar-refractivity contribution in [3.8, 4) is 0 Å². The molecule has 0 heterocycles. The molecule has 16 heavy (non-hydrogen) atoms. The first kappa shape index (κ1) is 15.2. The average molecular weight is 222 g/mol. The van der Waals surface area contributed by atoms with Crippen LogP contribution in [-0.4, -0.2) is 11.7 Å². The highest BCUT2D eigenvalue weighted by Crippen LogP contribution is 2.10. The molecule has 0 aliphatic rings. The molecule has 0 saturated carbocycles. The van der Waals surface area contributed by atoms with E-state index in [4.69, 9.17) is 5.11 Å². The Hall–Kier alpha value is -0.820. The molecule has 0 aromatic heterocycles. The molecular weight excluding hydrogens is 196 g/mol. The summed E-state index contributed by atoms with van der Waals surface area (Å²) in [6.07, 6.45) is 11.1. The maximum Gasteiger partial charge on any atom is 0.0639 e. The Kier molecular flexibility index (Phi) is 8.93. The number of aliphatic hydroxyl groups is 1. The minimum atomic E-state index is 0.184. The van der Waals surface area contributed by atoms with Crippen LogP contribution < -0.4 is 0 Å². The standard InChI is InChI=1S/C15H26O/c1-5-13(2)8-6-9-14(3)10-7-11-15(4)12-16/h5,9,11,16H,6-8,10,12H2,1-4H3/b13-5+,14-9+,15-11+. The van der Waals surface area contributed by atoms with E-state index in [1.54, 1.807) is 0 Å². The molecule has 0 atom stereocenters. The molecule has 0 spiro atoms. The van der Waals surface area contributed by atoms with Crippen LogP contribution in [0.5, 0.6) is 0 Å². The van der Waals surface area contributed by atoms with Crippen molar-refractivity contribution in [2.75, 3.05) is 6.61 Å². The van der Waals surface area contributed by atoms with Crippen LogP contribution in [0.15, 0.2) is 34.9 Å². The molecule has 0 radical (unpaired) electrons. The third-order valence-corrected chi connectivity index (χ3v) is 2.81. The fourth-order valence-corrected chi connectivity index (χ4v) is 1.40. The van der Waals surface area contributed by atoms with Gasteiger partial charge in [-0.3, -0.25) is 0 Å². The summed E-state index contributed by atoms with van der Waals surface area (Å²) in [6.45, 7) is 8.61. The number of hydrogen-bond acceptors (Lipinski definition) is 1. The molecule has 1 nitrogen and oxygen atoms in total. The van der Waals surface area contributed by atoms with Crippen LogP contribution in [-0.2, 0) is 0 Å². The highest BCUT2D eigenvalue weighted by atomic mass is 16.3. The van der Waals surface area contributed by atoms with Gasteiger partial charge in [0, 0.05) is 0 Å². The highest BCUT2D eigenvalue weighted by Gasteiger charge is 1.91. The lowest BCUT2D eigenvalue weighted by molar-refractivity contribution is 0.331. The molecule has 0 aliphatic carbocycles. The van der Waals surface area contributed by atoms with Gasteiger partial charge >= 0.3 is 0 Å². The second-order valence-corrected chi connectivity index (χ2v) is 4.47. The van der Waals surface area contributed by atoms with Crippen molar-refractivity contribution < 1.29 is 5.11 Å². The lowest BCUT2D eigenvalue weighted by atomic mass is 10.1. The van der Waals surface area contributed by atoms with E-state index in [2.05, 4.69) is 39.0 Å². The van der Waals surface area contributed by atoms with Crippen LogP contribution in [0.25, 0.3) is 0 Å². The number of hydrogen-bond donors (Lipinski definition) is 1. The van der Waals surface area contributed by atoms with Gasteiger partial charge < -0.3 is 5.11 Å². The molecule has 0 aromatic carbocycles. The SMILES string of the molecule is C/C=C(\C)CC/C=C(\C)CC/C=C(\C)CO. The second kappa shape index (κ2) is 9.41. The minimum absolute atomic E-state index is 0.184. The van der Waals surface area contributed by atoms with Crippen LogP contribution in [0, 0.1) is 0 Å². The summed E-state index contributed by atoms with van der Waals surface area (Å²) in [4.78, 5) is 0. The Balaban J connectivity index is 3.80. The number of allylic oxidation sites excluding steroid dienone is 5. The average Bonchev–Trinajstić information content (AvgIpc) is 2.28. The summed E-state index contributed by atoms with van der Waals surface area (Å²) in [5.41, 5.74) is 3.98. The highest BCUT2D eigenvalue weighted by molar-refractivity contribution is 5.05. The van der Waals surface area contributed by atoms with Crippen molar-refractivity contribution in [1.29, 1.82) is 0 Å². The van der Waals surface area contributed by atoms with E-state index >= 15 is 0 Å². The van der Waals surface area contributed by atoms with Gasteiger partial charge in [0.15, 0.2) is 0 Å². The van der Waals surface area contributed by atoms with Gasteiger partial charge in [0.05, 0.1) is 6.61 Å². The van der Waals surface area contributed by atoms with Crippen LogP contribution in [0.2, 0.25) is 0 Å². The predicted molar refractivity (Wildman–Crippen MR) is 72.5 cm³/mol. The number of aliphatic hydroxyl groups excluding tert-OH is 1. The quantitative estimate of drug-likeness (QED) is 0.633. The van der Waals surface area contributed by atoms with Crippen molar-refractivity contribution in [2.45, 2.75) is 53.4 Å². The van der Waals surface area contributed by atoms with Gasteiger partial charge in [0.25, 0.3) is 0 Å². The van der Waals surface area contributed by atoms with Crippen molar-refractivity contribution in [3.05, 3.63) is 34.9 Å². The first-order valence-corrected chi connectivity index (χ1v) is 6.14. The van der Waals surface area contributed by atoms with E-state index in [-0.39, 0.29) is 6.61 Å². The zero-order chi connectivity index (χ0) is 12.4. The van der Waals surface area contributed by atoms with Gasteiger partial charge in [0.1, 0.15) is 0 Å². The van der Waals surface area contributed by atoms with Crippen molar-refractivity contribution in [3.63, 3.8) is 0 Å². The topological polar surface area (TPSA) is 20.2 Å². The normalized spacial score (nSPS) is 14.4.